The lowest BCUT2D eigenvalue weighted by Gasteiger charge is -2.09. The minimum atomic E-state index is -4.76. The second-order valence-corrected chi connectivity index (χ2v) is 4.14. The highest BCUT2D eigenvalue weighted by molar-refractivity contribution is 5.91. The molecule has 0 saturated heterocycles. The molecule has 0 spiro atoms. The van der Waals surface area contributed by atoms with Crippen LogP contribution in [0.5, 0.6) is 17.2 Å². The summed E-state index contributed by atoms with van der Waals surface area (Å²) in [7, 11) is 1.50. The molecule has 0 amide bonds. The van der Waals surface area contributed by atoms with Crippen LogP contribution < -0.4 is 14.2 Å². The fraction of sp³-hybridized carbons (Fsp3) is 0.133. The fourth-order valence-corrected chi connectivity index (χ4v) is 1.60. The van der Waals surface area contributed by atoms with Crippen LogP contribution in [0.15, 0.2) is 48.5 Å². The van der Waals surface area contributed by atoms with Crippen LogP contribution >= 0.6 is 0 Å². The molecule has 4 nitrogen and oxygen atoms in total. The Hall–Kier alpha value is -2.70. The molecule has 0 atom stereocenters. The molecule has 2 rings (SSSR count). The Morgan fingerprint density at radius 1 is 0.864 bits per heavy atom. The molecule has 0 heterocycles. The van der Waals surface area contributed by atoms with Gasteiger partial charge in [-0.3, -0.25) is 0 Å². The lowest BCUT2D eigenvalue weighted by atomic mass is 10.2. The van der Waals surface area contributed by atoms with E-state index in [1.165, 1.54) is 31.4 Å². The molecule has 0 unspecified atom stereocenters. The van der Waals surface area contributed by atoms with E-state index in [0.717, 1.165) is 12.1 Å². The lowest BCUT2D eigenvalue weighted by molar-refractivity contribution is -0.274. The van der Waals surface area contributed by atoms with Crippen molar-refractivity contribution in [1.29, 1.82) is 0 Å². The van der Waals surface area contributed by atoms with Gasteiger partial charge in [0.05, 0.1) is 12.7 Å². The Morgan fingerprint density at radius 2 is 1.36 bits per heavy atom. The van der Waals surface area contributed by atoms with Crippen molar-refractivity contribution < 1.29 is 32.2 Å². The first-order valence-corrected chi connectivity index (χ1v) is 6.09. The van der Waals surface area contributed by atoms with Gasteiger partial charge in [-0.2, -0.15) is 0 Å². The molecule has 2 aromatic carbocycles. The summed E-state index contributed by atoms with van der Waals surface area (Å²) in [6, 6.07) is 10.8. The van der Waals surface area contributed by atoms with Crippen molar-refractivity contribution in [2.24, 2.45) is 0 Å². The van der Waals surface area contributed by atoms with Crippen LogP contribution in [-0.4, -0.2) is 19.4 Å². The Labute approximate surface area is 124 Å². The summed E-state index contributed by atoms with van der Waals surface area (Å²) in [4.78, 5) is 11.9. The van der Waals surface area contributed by atoms with Crippen molar-refractivity contribution >= 4 is 5.97 Å². The number of carbonyl (C=O) groups excluding carboxylic acids is 1. The summed E-state index contributed by atoms with van der Waals surface area (Å²) in [6.07, 6.45) is -4.76. The molecule has 0 aliphatic rings. The quantitative estimate of drug-likeness (QED) is 0.636. The van der Waals surface area contributed by atoms with Crippen molar-refractivity contribution in [1.82, 2.24) is 0 Å². The normalized spacial score (nSPS) is 10.9. The second-order valence-electron chi connectivity index (χ2n) is 4.14. The monoisotopic (exact) mass is 312 g/mol. The van der Waals surface area contributed by atoms with Crippen molar-refractivity contribution in [3.8, 4) is 17.2 Å². The predicted molar refractivity (Wildman–Crippen MR) is 71.1 cm³/mol. The van der Waals surface area contributed by atoms with Gasteiger partial charge in [0.2, 0.25) is 0 Å². The molecule has 0 N–H and O–H groups in total. The van der Waals surface area contributed by atoms with Gasteiger partial charge >= 0.3 is 12.3 Å². The second kappa shape index (κ2) is 6.38. The molecular formula is C15H11F3O4. The zero-order valence-corrected chi connectivity index (χ0v) is 11.4. The first-order valence-electron chi connectivity index (χ1n) is 6.09. The van der Waals surface area contributed by atoms with E-state index in [1.54, 1.807) is 12.1 Å². The minimum absolute atomic E-state index is 0.107. The summed E-state index contributed by atoms with van der Waals surface area (Å²) in [5, 5.41) is 0. The number of rotatable bonds is 4. The third kappa shape index (κ3) is 4.41. The van der Waals surface area contributed by atoms with Crippen LogP contribution in [-0.2, 0) is 0 Å². The van der Waals surface area contributed by atoms with E-state index in [2.05, 4.69) is 4.74 Å². The van der Waals surface area contributed by atoms with Crippen molar-refractivity contribution in [3.63, 3.8) is 0 Å². The number of halogens is 3. The maximum Gasteiger partial charge on any atom is 0.573 e. The number of benzene rings is 2. The van der Waals surface area contributed by atoms with E-state index in [0.29, 0.717) is 5.75 Å². The van der Waals surface area contributed by atoms with Gasteiger partial charge in [0.15, 0.2) is 0 Å². The molecule has 0 radical (unpaired) electrons. The molecule has 2 aromatic rings. The lowest BCUT2D eigenvalue weighted by Crippen LogP contribution is -2.17. The maximum absolute atomic E-state index is 12.0. The summed E-state index contributed by atoms with van der Waals surface area (Å²) < 4.78 is 49.8. The smallest absolute Gasteiger partial charge is 0.497 e. The van der Waals surface area contributed by atoms with Crippen LogP contribution in [0.2, 0.25) is 0 Å². The Balaban J connectivity index is 2.02. The molecule has 0 aliphatic carbocycles. The van der Waals surface area contributed by atoms with Crippen LogP contribution in [0.1, 0.15) is 10.4 Å². The number of carbonyl (C=O) groups is 1. The molecule has 0 saturated carbocycles. The Morgan fingerprint density at radius 3 is 1.86 bits per heavy atom. The van der Waals surface area contributed by atoms with Gasteiger partial charge in [0.1, 0.15) is 17.2 Å². The SMILES string of the molecule is COc1ccc(C(=O)Oc2ccc(OC(F)(F)F)cc2)cc1. The average Bonchev–Trinajstić information content (AvgIpc) is 2.48. The highest BCUT2D eigenvalue weighted by atomic mass is 19.4. The van der Waals surface area contributed by atoms with Crippen LogP contribution in [0, 0.1) is 0 Å². The van der Waals surface area contributed by atoms with Gasteiger partial charge in [-0.05, 0) is 48.5 Å². The Bertz CT molecular complexity index is 633. The van der Waals surface area contributed by atoms with Gasteiger partial charge in [-0.1, -0.05) is 0 Å². The van der Waals surface area contributed by atoms with Crippen LogP contribution in [0.3, 0.4) is 0 Å². The van der Waals surface area contributed by atoms with E-state index in [4.69, 9.17) is 9.47 Å². The zero-order chi connectivity index (χ0) is 16.2. The molecule has 0 aromatic heterocycles. The molecule has 116 valence electrons. The average molecular weight is 312 g/mol. The number of methoxy groups -OCH3 is 1. The highest BCUT2D eigenvalue weighted by Gasteiger charge is 2.31. The van der Waals surface area contributed by atoms with E-state index >= 15 is 0 Å². The van der Waals surface area contributed by atoms with E-state index in [-0.39, 0.29) is 11.3 Å². The molecule has 0 bridgehead atoms. The first kappa shape index (κ1) is 15.7. The number of alkyl halides is 3. The van der Waals surface area contributed by atoms with Gasteiger partial charge < -0.3 is 14.2 Å². The number of ether oxygens (including phenoxy) is 3. The zero-order valence-electron chi connectivity index (χ0n) is 11.4. The van der Waals surface area contributed by atoms with Crippen LogP contribution in [0.4, 0.5) is 13.2 Å². The summed E-state index contributed by atoms with van der Waals surface area (Å²) in [5.74, 6) is -0.329. The van der Waals surface area contributed by atoms with Crippen LogP contribution in [0.25, 0.3) is 0 Å². The predicted octanol–water partition coefficient (Wildman–Crippen LogP) is 3.81. The van der Waals surface area contributed by atoms with E-state index < -0.39 is 18.1 Å². The van der Waals surface area contributed by atoms with Crippen molar-refractivity contribution in [2.75, 3.05) is 7.11 Å². The van der Waals surface area contributed by atoms with Gasteiger partial charge in [0.25, 0.3) is 0 Å². The van der Waals surface area contributed by atoms with Gasteiger partial charge in [-0.25, -0.2) is 4.79 Å². The van der Waals surface area contributed by atoms with E-state index in [9.17, 15) is 18.0 Å². The fourth-order valence-electron chi connectivity index (χ4n) is 1.60. The third-order valence-corrected chi connectivity index (χ3v) is 2.59. The molecule has 7 heteroatoms. The standard InChI is InChI=1S/C15H11F3O4/c1-20-11-4-2-10(3-5-11)14(19)21-12-6-8-13(9-7-12)22-15(16,17)18/h2-9H,1H3. The molecule has 0 fully saturated rings. The number of hydrogen-bond donors (Lipinski definition) is 0. The van der Waals surface area contributed by atoms with Crippen molar-refractivity contribution in [3.05, 3.63) is 54.1 Å². The Kier molecular flexibility index (Phi) is 4.55. The first-order chi connectivity index (χ1) is 10.4. The minimum Gasteiger partial charge on any atom is -0.497 e. The largest absolute Gasteiger partial charge is 0.573 e. The molecule has 22 heavy (non-hydrogen) atoms. The van der Waals surface area contributed by atoms with E-state index in [1.807, 2.05) is 0 Å². The van der Waals surface area contributed by atoms with Crippen molar-refractivity contribution in [2.45, 2.75) is 6.36 Å². The highest BCUT2D eigenvalue weighted by Crippen LogP contribution is 2.25. The van der Waals surface area contributed by atoms with Gasteiger partial charge in [-0.15, -0.1) is 13.2 Å². The number of hydrogen-bond acceptors (Lipinski definition) is 4. The summed E-state index contributed by atoms with van der Waals surface area (Å²) in [6.45, 7) is 0. The number of esters is 1. The third-order valence-electron chi connectivity index (χ3n) is 2.59. The molecular weight excluding hydrogens is 301 g/mol. The summed E-state index contributed by atoms with van der Waals surface area (Å²) in [5.41, 5.74) is 0.288. The van der Waals surface area contributed by atoms with Gasteiger partial charge in [0, 0.05) is 0 Å². The molecule has 0 aliphatic heterocycles. The maximum atomic E-state index is 12.0. The topological polar surface area (TPSA) is 44.8 Å². The summed E-state index contributed by atoms with van der Waals surface area (Å²) >= 11 is 0.